The van der Waals surface area contributed by atoms with Gasteiger partial charge < -0.3 is 15.2 Å². The number of carbonyl (C=O) groups excluding carboxylic acids is 1. The van der Waals surface area contributed by atoms with Crippen LogP contribution in [0.2, 0.25) is 15.2 Å². The zero-order valence-electron chi connectivity index (χ0n) is 20.0. The predicted octanol–water partition coefficient (Wildman–Crippen LogP) is 5.35. The third kappa shape index (κ3) is 5.52. The summed E-state index contributed by atoms with van der Waals surface area (Å²) < 4.78 is 8.31. The molecule has 2 N–H and O–H groups in total. The topological polar surface area (TPSA) is 128 Å². The number of methoxy groups -OCH3 is 1. The summed E-state index contributed by atoms with van der Waals surface area (Å²) in [6.07, 6.45) is 3.23. The molecule has 10 nitrogen and oxygen atoms in total. The van der Waals surface area contributed by atoms with E-state index in [0.717, 1.165) is 0 Å². The Morgan fingerprint density at radius 2 is 1.84 bits per heavy atom. The molecule has 4 rings (SSSR count). The van der Waals surface area contributed by atoms with Gasteiger partial charge in [0.2, 0.25) is 5.91 Å². The van der Waals surface area contributed by atoms with E-state index >= 15 is 0 Å². The van der Waals surface area contributed by atoms with Crippen LogP contribution < -0.4 is 15.6 Å². The monoisotopic (exact) mass is 575 g/mol. The normalized spacial score (nSPS) is 11.7. The molecule has 1 amide bonds. The first kappa shape index (κ1) is 27.2. The summed E-state index contributed by atoms with van der Waals surface area (Å²) in [6.45, 7) is 1.75. The first-order valence-electron chi connectivity index (χ1n) is 11.1. The second-order valence-corrected chi connectivity index (χ2v) is 9.29. The number of benzene rings is 2. The molecule has 4 aromatic rings. The van der Waals surface area contributed by atoms with E-state index in [1.807, 2.05) is 0 Å². The molecule has 0 fully saturated rings. The number of rotatable bonds is 8. The Labute approximate surface area is 231 Å². The molecule has 0 spiro atoms. The number of aromatic nitrogens is 4. The van der Waals surface area contributed by atoms with Gasteiger partial charge in [0.25, 0.3) is 5.56 Å². The van der Waals surface area contributed by atoms with Crippen molar-refractivity contribution in [2.45, 2.75) is 19.4 Å². The molecule has 2 heterocycles. The Balaban J connectivity index is 1.73. The highest BCUT2D eigenvalue weighted by molar-refractivity contribution is 6.34. The quantitative estimate of drug-likeness (QED) is 0.289. The van der Waals surface area contributed by atoms with E-state index in [1.165, 1.54) is 53.0 Å². The number of hydrogen-bond acceptors (Lipinski definition) is 6. The lowest BCUT2D eigenvalue weighted by Gasteiger charge is -2.21. The standard InChI is InChI=1S/C25H20Cl3N5O5/c1-3-19(24(35)29-14-5-6-15(25(36)37)18(27)9-14)32-11-21(38-2)17(10-23(32)34)16-8-13(26)4-7-20(16)33-12-22(28)30-31-33/h4-12,19H,3H2,1-2H3,(H,29,35)(H,36,37)/t19-/m0/s1. The van der Waals surface area contributed by atoms with Crippen LogP contribution in [0.3, 0.4) is 0 Å². The van der Waals surface area contributed by atoms with Crippen LogP contribution in [-0.2, 0) is 4.79 Å². The average molecular weight is 577 g/mol. The summed E-state index contributed by atoms with van der Waals surface area (Å²) in [5.74, 6) is -1.38. The van der Waals surface area contributed by atoms with Crippen molar-refractivity contribution in [3.8, 4) is 22.6 Å². The number of pyridine rings is 1. The van der Waals surface area contributed by atoms with Gasteiger partial charge in [0.15, 0.2) is 5.15 Å². The van der Waals surface area contributed by atoms with Gasteiger partial charge in [-0.3, -0.25) is 14.2 Å². The number of anilines is 1. The zero-order chi connectivity index (χ0) is 27.6. The molecular weight excluding hydrogens is 557 g/mol. The van der Waals surface area contributed by atoms with Crippen molar-refractivity contribution in [2.24, 2.45) is 0 Å². The van der Waals surface area contributed by atoms with E-state index in [0.29, 0.717) is 27.6 Å². The van der Waals surface area contributed by atoms with Gasteiger partial charge in [0.1, 0.15) is 11.8 Å². The maximum atomic E-state index is 13.3. The van der Waals surface area contributed by atoms with Gasteiger partial charge in [0, 0.05) is 27.9 Å². The molecule has 0 saturated carbocycles. The molecule has 38 heavy (non-hydrogen) atoms. The maximum absolute atomic E-state index is 13.3. The number of aromatic carboxylic acids is 1. The molecule has 0 saturated heterocycles. The van der Waals surface area contributed by atoms with Gasteiger partial charge in [-0.1, -0.05) is 46.9 Å². The van der Waals surface area contributed by atoms with Gasteiger partial charge in [-0.15, -0.1) is 5.10 Å². The lowest BCUT2D eigenvalue weighted by Crippen LogP contribution is -2.32. The highest BCUT2D eigenvalue weighted by atomic mass is 35.5. The molecule has 1 atom stereocenters. The fraction of sp³-hybridized carbons (Fsp3) is 0.160. The molecule has 13 heteroatoms. The SMILES string of the molecule is CC[C@@H](C(=O)Nc1ccc(C(=O)O)c(Cl)c1)n1cc(OC)c(-c2cc(Cl)ccc2-n2cc(Cl)nn2)cc1=O. The summed E-state index contributed by atoms with van der Waals surface area (Å²) in [7, 11) is 1.44. The molecule has 0 radical (unpaired) electrons. The van der Waals surface area contributed by atoms with E-state index < -0.39 is 23.5 Å². The molecule has 0 unspecified atom stereocenters. The summed E-state index contributed by atoms with van der Waals surface area (Å²) in [5, 5.41) is 20.2. The van der Waals surface area contributed by atoms with Gasteiger partial charge in [-0.2, -0.15) is 0 Å². The van der Waals surface area contributed by atoms with Crippen LogP contribution in [0.1, 0.15) is 29.7 Å². The van der Waals surface area contributed by atoms with Crippen LogP contribution in [0, 0.1) is 0 Å². The average Bonchev–Trinajstić information content (AvgIpc) is 3.30. The van der Waals surface area contributed by atoms with Crippen LogP contribution in [-0.4, -0.2) is 43.7 Å². The van der Waals surface area contributed by atoms with E-state index in [1.54, 1.807) is 25.1 Å². The van der Waals surface area contributed by atoms with Crippen LogP contribution in [0.5, 0.6) is 5.75 Å². The van der Waals surface area contributed by atoms with Gasteiger partial charge >= 0.3 is 5.97 Å². The summed E-state index contributed by atoms with van der Waals surface area (Å²) in [5.41, 5.74) is 1.23. The largest absolute Gasteiger partial charge is 0.495 e. The fourth-order valence-electron chi connectivity index (χ4n) is 3.93. The highest BCUT2D eigenvalue weighted by Gasteiger charge is 2.23. The predicted molar refractivity (Wildman–Crippen MR) is 144 cm³/mol. The van der Waals surface area contributed by atoms with Gasteiger partial charge in [-0.05, 0) is 42.8 Å². The minimum absolute atomic E-state index is 0.0301. The van der Waals surface area contributed by atoms with E-state index in [9.17, 15) is 14.4 Å². The second kappa shape index (κ2) is 11.3. The highest BCUT2D eigenvalue weighted by Crippen LogP contribution is 2.35. The van der Waals surface area contributed by atoms with E-state index in [4.69, 9.17) is 44.6 Å². The van der Waals surface area contributed by atoms with Crippen LogP contribution in [0.15, 0.2) is 59.7 Å². The number of carboxylic acid groups (broad SMARTS) is 1. The van der Waals surface area contributed by atoms with Crippen LogP contribution in [0.25, 0.3) is 16.8 Å². The molecule has 196 valence electrons. The van der Waals surface area contributed by atoms with Crippen molar-refractivity contribution in [3.63, 3.8) is 0 Å². The summed E-state index contributed by atoms with van der Waals surface area (Å²) in [6, 6.07) is 9.51. The number of carboxylic acids is 1. The minimum Gasteiger partial charge on any atom is -0.495 e. The Morgan fingerprint density at radius 1 is 1.08 bits per heavy atom. The van der Waals surface area contributed by atoms with Crippen molar-refractivity contribution in [1.29, 1.82) is 0 Å². The number of hydrogen-bond donors (Lipinski definition) is 2. The van der Waals surface area contributed by atoms with Crippen LogP contribution >= 0.6 is 34.8 Å². The molecule has 0 aliphatic heterocycles. The number of nitrogens with zero attached hydrogens (tertiary/aromatic N) is 4. The first-order chi connectivity index (χ1) is 18.1. The number of amides is 1. The summed E-state index contributed by atoms with van der Waals surface area (Å²) >= 11 is 18.2. The Kier molecular flexibility index (Phi) is 8.05. The lowest BCUT2D eigenvalue weighted by atomic mass is 10.0. The molecule has 0 aliphatic carbocycles. The molecule has 2 aromatic carbocycles. The Bertz CT molecular complexity index is 1600. The Morgan fingerprint density at radius 3 is 2.45 bits per heavy atom. The van der Waals surface area contributed by atoms with Crippen LogP contribution in [0.4, 0.5) is 5.69 Å². The lowest BCUT2D eigenvalue weighted by molar-refractivity contribution is -0.119. The number of halogens is 3. The molecule has 2 aromatic heterocycles. The maximum Gasteiger partial charge on any atom is 0.337 e. The second-order valence-electron chi connectivity index (χ2n) is 8.06. The number of ether oxygens (including phenoxy) is 1. The number of nitrogens with one attached hydrogen (secondary N) is 1. The van der Waals surface area contributed by atoms with Crippen molar-refractivity contribution >= 4 is 52.4 Å². The van der Waals surface area contributed by atoms with Crippen molar-refractivity contribution in [3.05, 3.63) is 86.0 Å². The Hall–Kier alpha value is -3.86. The van der Waals surface area contributed by atoms with Crippen molar-refractivity contribution in [2.75, 3.05) is 12.4 Å². The summed E-state index contributed by atoms with van der Waals surface area (Å²) in [4.78, 5) is 37.7. The van der Waals surface area contributed by atoms with Crippen molar-refractivity contribution < 1.29 is 19.4 Å². The third-order valence-electron chi connectivity index (χ3n) is 5.72. The fourth-order valence-corrected chi connectivity index (χ4v) is 4.49. The van der Waals surface area contributed by atoms with E-state index in [2.05, 4.69) is 15.6 Å². The molecule has 0 bridgehead atoms. The zero-order valence-corrected chi connectivity index (χ0v) is 22.3. The van der Waals surface area contributed by atoms with Gasteiger partial charge in [0.05, 0.1) is 35.8 Å². The molecular formula is C25H20Cl3N5O5. The smallest absolute Gasteiger partial charge is 0.337 e. The first-order valence-corrected chi connectivity index (χ1v) is 12.3. The third-order valence-corrected chi connectivity index (χ3v) is 6.44. The van der Waals surface area contributed by atoms with E-state index in [-0.39, 0.29) is 27.8 Å². The molecule has 0 aliphatic rings. The number of carbonyl (C=O) groups is 2. The van der Waals surface area contributed by atoms with Crippen molar-refractivity contribution in [1.82, 2.24) is 19.6 Å². The minimum atomic E-state index is -1.19. The van der Waals surface area contributed by atoms with Gasteiger partial charge in [-0.25, -0.2) is 9.48 Å².